The third kappa shape index (κ3) is 7.19. The Morgan fingerprint density at radius 2 is 1.26 bits per heavy atom. The summed E-state index contributed by atoms with van der Waals surface area (Å²) in [7, 11) is 0. The number of hydrogen-bond acceptors (Lipinski definition) is 5. The van der Waals surface area contributed by atoms with E-state index in [-0.39, 0.29) is 36.6 Å². The van der Waals surface area contributed by atoms with E-state index < -0.39 is 0 Å². The molecule has 38 heavy (non-hydrogen) atoms. The molecule has 5 rings (SSSR count). The van der Waals surface area contributed by atoms with Crippen LogP contribution >= 0.6 is 0 Å². The number of hydrogen-bond donors (Lipinski definition) is 0. The summed E-state index contributed by atoms with van der Waals surface area (Å²) in [5.74, 6) is 0.0641. The van der Waals surface area contributed by atoms with Crippen LogP contribution in [0.4, 0.5) is 0 Å². The van der Waals surface area contributed by atoms with Crippen LogP contribution in [0.2, 0.25) is 0 Å². The summed E-state index contributed by atoms with van der Waals surface area (Å²) in [6.45, 7) is 8.01. The Kier molecular flexibility index (Phi) is 9.39. The lowest BCUT2D eigenvalue weighted by molar-refractivity contribution is -0.286. The van der Waals surface area contributed by atoms with E-state index in [2.05, 4.69) is 43.0 Å². The van der Waals surface area contributed by atoms with Gasteiger partial charge in [-0.1, -0.05) is 96.6 Å². The lowest BCUT2D eigenvalue weighted by Crippen LogP contribution is -2.56. The van der Waals surface area contributed by atoms with Gasteiger partial charge in [-0.3, -0.25) is 0 Å². The second-order valence-corrected chi connectivity index (χ2v) is 10.4. The summed E-state index contributed by atoms with van der Waals surface area (Å²) in [4.78, 5) is 0. The monoisotopic (exact) mass is 514 g/mol. The standard InChI is InChI=1S/C33H38O5/c1-24(2)18-28-19-29-31(35-21-26-14-8-4-9-15-26)32(36-22-27-16-10-5-11-17-27)30(38-33(29)37-28)23-34-20-25-12-6-3-7-13-25/h3-17,28-33H,1,18-23H2,2H3/t28-,29-,30-,31-,32-,33+/m1/s1. The van der Waals surface area contributed by atoms with Gasteiger partial charge in [-0.05, 0) is 36.5 Å². The average Bonchev–Trinajstić information content (AvgIpc) is 3.34. The molecule has 2 aliphatic heterocycles. The number of ether oxygens (including phenoxy) is 5. The third-order valence-electron chi connectivity index (χ3n) is 7.17. The summed E-state index contributed by atoms with van der Waals surface area (Å²) >= 11 is 0. The number of fused-ring (bicyclic) bond motifs is 1. The van der Waals surface area contributed by atoms with Gasteiger partial charge in [0.2, 0.25) is 0 Å². The Morgan fingerprint density at radius 3 is 1.82 bits per heavy atom. The van der Waals surface area contributed by atoms with Crippen LogP contribution < -0.4 is 0 Å². The van der Waals surface area contributed by atoms with E-state index in [1.165, 1.54) is 0 Å². The maximum atomic E-state index is 6.67. The summed E-state index contributed by atoms with van der Waals surface area (Å²) in [6, 6.07) is 30.7. The van der Waals surface area contributed by atoms with Gasteiger partial charge in [0.1, 0.15) is 12.2 Å². The SMILES string of the molecule is C=C(C)C[C@@H]1C[C@H]2[C@@H](O1)O[C@H](COCc1ccccc1)[C@@H](OCc1ccccc1)[C@@H]2OCc1ccccc1. The highest BCUT2D eigenvalue weighted by Crippen LogP contribution is 2.41. The predicted octanol–water partition coefficient (Wildman–Crippen LogP) is 6.47. The van der Waals surface area contributed by atoms with Crippen LogP contribution in [0.1, 0.15) is 36.5 Å². The van der Waals surface area contributed by atoms with Crippen LogP contribution in [0.25, 0.3) is 0 Å². The van der Waals surface area contributed by atoms with E-state index in [4.69, 9.17) is 23.7 Å². The van der Waals surface area contributed by atoms with Gasteiger partial charge in [0.05, 0.1) is 38.6 Å². The largest absolute Gasteiger partial charge is 0.374 e. The molecular weight excluding hydrogens is 476 g/mol. The molecular formula is C33H38O5. The first kappa shape index (κ1) is 26.8. The highest BCUT2D eigenvalue weighted by atomic mass is 16.7. The lowest BCUT2D eigenvalue weighted by Gasteiger charge is -2.43. The van der Waals surface area contributed by atoms with Crippen molar-refractivity contribution in [3.05, 3.63) is 120 Å². The van der Waals surface area contributed by atoms with Crippen LogP contribution in [-0.2, 0) is 43.5 Å². The molecule has 6 atom stereocenters. The molecule has 0 aliphatic carbocycles. The van der Waals surface area contributed by atoms with E-state index in [0.29, 0.717) is 26.4 Å². The van der Waals surface area contributed by atoms with E-state index in [0.717, 1.165) is 35.1 Å². The zero-order valence-electron chi connectivity index (χ0n) is 22.1. The molecule has 2 fully saturated rings. The van der Waals surface area contributed by atoms with E-state index in [1.54, 1.807) is 0 Å². The summed E-state index contributed by atoms with van der Waals surface area (Å²) in [6.07, 6.45) is 0.534. The van der Waals surface area contributed by atoms with Gasteiger partial charge in [0.15, 0.2) is 6.29 Å². The van der Waals surface area contributed by atoms with Crippen molar-refractivity contribution in [1.29, 1.82) is 0 Å². The van der Waals surface area contributed by atoms with Crippen LogP contribution in [0, 0.1) is 5.92 Å². The van der Waals surface area contributed by atoms with Crippen molar-refractivity contribution < 1.29 is 23.7 Å². The Hall–Kier alpha value is -2.80. The summed E-state index contributed by atoms with van der Waals surface area (Å²) in [5.41, 5.74) is 4.48. The normalized spacial score (nSPS) is 26.7. The molecule has 0 saturated carbocycles. The molecule has 0 aromatic heterocycles. The minimum absolute atomic E-state index is 0.0593. The minimum Gasteiger partial charge on any atom is -0.374 e. The van der Waals surface area contributed by atoms with E-state index in [1.807, 2.05) is 61.5 Å². The third-order valence-corrected chi connectivity index (χ3v) is 7.17. The van der Waals surface area contributed by atoms with Gasteiger partial charge in [-0.2, -0.15) is 0 Å². The first-order valence-corrected chi connectivity index (χ1v) is 13.5. The second kappa shape index (κ2) is 13.3. The zero-order valence-corrected chi connectivity index (χ0v) is 22.1. The fourth-order valence-corrected chi connectivity index (χ4v) is 5.36. The Morgan fingerprint density at radius 1 is 0.737 bits per heavy atom. The fraction of sp³-hybridized carbons (Fsp3) is 0.394. The molecule has 2 heterocycles. The molecule has 0 amide bonds. The van der Waals surface area contributed by atoms with Crippen LogP contribution in [0.15, 0.2) is 103 Å². The molecule has 2 aliphatic rings. The molecule has 0 bridgehead atoms. The quantitative estimate of drug-likeness (QED) is 0.259. The Labute approximate surface area is 226 Å². The fourth-order valence-electron chi connectivity index (χ4n) is 5.36. The second-order valence-electron chi connectivity index (χ2n) is 10.4. The van der Waals surface area contributed by atoms with Crippen molar-refractivity contribution >= 4 is 0 Å². The van der Waals surface area contributed by atoms with Crippen LogP contribution in [0.3, 0.4) is 0 Å². The molecule has 5 heteroatoms. The van der Waals surface area contributed by atoms with Crippen molar-refractivity contribution in [3.63, 3.8) is 0 Å². The number of benzene rings is 3. The Bertz CT molecular complexity index is 1120. The predicted molar refractivity (Wildman–Crippen MR) is 147 cm³/mol. The maximum Gasteiger partial charge on any atom is 0.164 e. The van der Waals surface area contributed by atoms with Gasteiger partial charge in [0.25, 0.3) is 0 Å². The van der Waals surface area contributed by atoms with Crippen LogP contribution in [0.5, 0.6) is 0 Å². The van der Waals surface area contributed by atoms with Crippen molar-refractivity contribution in [2.45, 2.75) is 70.3 Å². The lowest BCUT2D eigenvalue weighted by atomic mass is 9.87. The van der Waals surface area contributed by atoms with Gasteiger partial charge in [-0.15, -0.1) is 6.58 Å². The van der Waals surface area contributed by atoms with Crippen molar-refractivity contribution in [3.8, 4) is 0 Å². The smallest absolute Gasteiger partial charge is 0.164 e. The van der Waals surface area contributed by atoms with Crippen molar-refractivity contribution in [1.82, 2.24) is 0 Å². The summed E-state index contributed by atoms with van der Waals surface area (Å²) in [5, 5.41) is 0. The van der Waals surface area contributed by atoms with E-state index in [9.17, 15) is 0 Å². The molecule has 200 valence electrons. The molecule has 0 unspecified atom stereocenters. The molecule has 2 saturated heterocycles. The molecule has 0 N–H and O–H groups in total. The molecule has 0 spiro atoms. The zero-order chi connectivity index (χ0) is 26.2. The Balaban J connectivity index is 1.35. The molecule has 0 radical (unpaired) electrons. The van der Waals surface area contributed by atoms with Crippen LogP contribution in [-0.4, -0.2) is 37.3 Å². The van der Waals surface area contributed by atoms with Gasteiger partial charge in [-0.25, -0.2) is 0 Å². The van der Waals surface area contributed by atoms with Crippen molar-refractivity contribution in [2.75, 3.05) is 6.61 Å². The number of rotatable bonds is 12. The molecule has 3 aromatic carbocycles. The molecule has 3 aromatic rings. The minimum atomic E-state index is -0.359. The molecule has 5 nitrogen and oxygen atoms in total. The highest BCUT2D eigenvalue weighted by Gasteiger charge is 2.52. The van der Waals surface area contributed by atoms with E-state index >= 15 is 0 Å². The topological polar surface area (TPSA) is 46.2 Å². The summed E-state index contributed by atoms with van der Waals surface area (Å²) < 4.78 is 32.4. The highest BCUT2D eigenvalue weighted by molar-refractivity contribution is 5.15. The van der Waals surface area contributed by atoms with Gasteiger partial charge in [0, 0.05) is 5.92 Å². The van der Waals surface area contributed by atoms with Crippen molar-refractivity contribution in [2.24, 2.45) is 5.92 Å². The first-order chi connectivity index (χ1) is 18.7. The average molecular weight is 515 g/mol. The maximum absolute atomic E-state index is 6.67. The van der Waals surface area contributed by atoms with Gasteiger partial charge >= 0.3 is 0 Å². The van der Waals surface area contributed by atoms with Gasteiger partial charge < -0.3 is 23.7 Å². The first-order valence-electron chi connectivity index (χ1n) is 13.5.